The molecule has 0 bridgehead atoms. The first-order valence-corrected chi connectivity index (χ1v) is 20.9. The number of ether oxygens (including phenoxy) is 1. The molecule has 7 heteroatoms. The van der Waals surface area contributed by atoms with Gasteiger partial charge in [-0.15, -0.1) is 0 Å². The summed E-state index contributed by atoms with van der Waals surface area (Å²) in [5.41, 5.74) is 11.0. The van der Waals surface area contributed by atoms with Gasteiger partial charge < -0.3 is 4.40 Å². The normalized spacial score (nSPS) is 12.8. The molecule has 0 unspecified atom stereocenters. The molecule has 0 spiro atoms. The van der Waals surface area contributed by atoms with Gasteiger partial charge in [0, 0.05) is 27.7 Å². The van der Waals surface area contributed by atoms with Crippen molar-refractivity contribution in [2.45, 2.75) is 52.4 Å². The number of aryl methyl sites for hydroxylation is 1. The zero-order valence-corrected chi connectivity index (χ0v) is 35.8. The van der Waals surface area contributed by atoms with Crippen molar-refractivity contribution >= 4 is 70.9 Å². The number of benzene rings is 6. The second kappa shape index (κ2) is 12.3. The minimum atomic E-state index is -0.127. The van der Waals surface area contributed by atoms with E-state index in [1.54, 1.807) is 0 Å². The predicted octanol–water partition coefficient (Wildman–Crippen LogP) is 12.7. The summed E-state index contributed by atoms with van der Waals surface area (Å²) in [5, 5.41) is 7.28. The van der Waals surface area contributed by atoms with Gasteiger partial charge in [-0.2, -0.15) is 0 Å². The topological polar surface area (TPSA) is 41.3 Å². The molecular weight excluding hydrogens is 894 g/mol. The van der Waals surface area contributed by atoms with Crippen LogP contribution in [-0.2, 0) is 37.2 Å². The summed E-state index contributed by atoms with van der Waals surface area (Å²) in [4.78, 5) is 5.02. The molecule has 6 aromatic carbocycles. The van der Waals surface area contributed by atoms with Crippen LogP contribution in [0, 0.1) is 15.9 Å². The van der Waals surface area contributed by atoms with Gasteiger partial charge in [0.15, 0.2) is 0 Å². The molecule has 58 heavy (non-hydrogen) atoms. The number of aromatic nitrogens is 5. The number of para-hydroxylation sites is 4. The molecule has 0 aliphatic heterocycles. The second-order valence-corrected chi connectivity index (χ2v) is 18.6. The van der Waals surface area contributed by atoms with Crippen LogP contribution in [-0.4, -0.2) is 23.1 Å². The fourth-order valence-corrected chi connectivity index (χ4v) is 9.72. The Morgan fingerprint density at radius 2 is 1.24 bits per heavy atom. The van der Waals surface area contributed by atoms with Gasteiger partial charge in [-0.25, -0.2) is 0 Å². The molecule has 5 aromatic heterocycles. The van der Waals surface area contributed by atoms with Crippen LogP contribution in [0.4, 0.5) is 0 Å². The van der Waals surface area contributed by atoms with Crippen molar-refractivity contribution in [3.8, 4) is 23.0 Å². The van der Waals surface area contributed by atoms with Gasteiger partial charge in [-0.1, -0.05) is 57.2 Å². The van der Waals surface area contributed by atoms with Crippen LogP contribution < -0.4 is 4.74 Å². The molecule has 0 saturated carbocycles. The maximum atomic E-state index is 6.84. The van der Waals surface area contributed by atoms with Crippen molar-refractivity contribution in [1.29, 1.82) is 0 Å². The maximum absolute atomic E-state index is 6.84. The fraction of sp³-hybridized carbons (Fsp3) is 0.176. The van der Waals surface area contributed by atoms with Gasteiger partial charge >= 0.3 is 220 Å². The molecule has 0 fully saturated rings. The van der Waals surface area contributed by atoms with E-state index in [0.29, 0.717) is 11.5 Å². The molecule has 11 aromatic rings. The molecule has 0 aliphatic carbocycles. The summed E-state index contributed by atoms with van der Waals surface area (Å²) < 4.78 is 17.1. The molecule has 11 rings (SSSR count). The summed E-state index contributed by atoms with van der Waals surface area (Å²) in [6.07, 6.45) is 1.93. The molecule has 0 amide bonds. The van der Waals surface area contributed by atoms with Crippen LogP contribution in [0.3, 0.4) is 0 Å². The van der Waals surface area contributed by atoms with Crippen molar-refractivity contribution in [3.05, 3.63) is 149 Å². The third-order valence-electron chi connectivity index (χ3n) is 11.9. The molecule has 5 heterocycles. The van der Waals surface area contributed by atoms with E-state index in [4.69, 9.17) is 9.72 Å². The summed E-state index contributed by atoms with van der Waals surface area (Å²) >= 11 is 2.41. The van der Waals surface area contributed by atoms with Crippen molar-refractivity contribution in [2.24, 2.45) is 7.05 Å². The standard InChI is InChI=1S/C51H41N5O.Pt/c1-50(2,3)31-21-22-52-48(25-31)55-45-27-34(57-35-24-32(51(4,5)6)23-33(26-35)54-30-53(7)43-17-10-11-18-44(43)54)19-20-37(45)40-28-41-39-15-12-14-38-36-13-8-9-16-42(36)56(49(38)39)47(41)29-46(40)55;/h8-25,28-29H,1-7H3;/q-2;. The molecule has 0 saturated heterocycles. The summed E-state index contributed by atoms with van der Waals surface area (Å²) in [6, 6.07) is 49.0. The van der Waals surface area contributed by atoms with E-state index in [9.17, 15) is 0 Å². The molecule has 0 N–H and O–H groups in total. The summed E-state index contributed by atoms with van der Waals surface area (Å²) in [7, 11) is 2.11. The van der Waals surface area contributed by atoms with Crippen molar-refractivity contribution in [2.75, 3.05) is 0 Å². The Hall–Kier alpha value is -5.97. The number of rotatable bonds is 4. The van der Waals surface area contributed by atoms with E-state index >= 15 is 0 Å². The second-order valence-electron chi connectivity index (χ2n) is 17.6. The number of imidazole rings is 1. The molecule has 288 valence electrons. The first-order chi connectivity index (χ1) is 27.8. The SMILES string of the molecule is Cn1[c](=[Pt])n(-c2[c-]c(Oc3[c-]c4c(cc3)c3cc5c6cccc7c8ccccc8n(c5cc3n4-c3cc(C(C)(C)C)ccn3)c76)cc(C(C)(C)C)c2)c2ccccc21. The zero-order valence-electron chi connectivity index (χ0n) is 33.5. The third kappa shape index (κ3) is 5.14. The minimum absolute atomic E-state index is 0.0570. The Labute approximate surface area is 347 Å². The van der Waals surface area contributed by atoms with E-state index in [1.165, 1.54) is 43.7 Å². The van der Waals surface area contributed by atoms with Crippen LogP contribution in [0.25, 0.3) is 82.4 Å². The van der Waals surface area contributed by atoms with Crippen molar-refractivity contribution < 1.29 is 24.1 Å². The number of pyridine rings is 1. The van der Waals surface area contributed by atoms with Gasteiger partial charge in [0.05, 0.1) is 16.6 Å². The van der Waals surface area contributed by atoms with E-state index in [1.807, 2.05) is 12.3 Å². The number of hydrogen-bond donors (Lipinski definition) is 0. The molecular formula is C51H41N5OPt-2. The third-order valence-corrected chi connectivity index (χ3v) is 13.2. The molecule has 0 atom stereocenters. The summed E-state index contributed by atoms with van der Waals surface area (Å²) in [5.74, 6) is 2.11. The Bertz CT molecular complexity index is 3550. The molecule has 0 aliphatic rings. The Morgan fingerprint density at radius 3 is 2.02 bits per heavy atom. The van der Waals surface area contributed by atoms with Gasteiger partial charge in [-0.05, 0) is 23.1 Å². The Balaban J connectivity index is 1.15. The fourth-order valence-electron chi connectivity index (χ4n) is 8.90. The van der Waals surface area contributed by atoms with Crippen LogP contribution in [0.5, 0.6) is 11.5 Å². The van der Waals surface area contributed by atoms with Crippen LogP contribution in [0.1, 0.15) is 52.7 Å². The number of fused-ring (bicyclic) bond motifs is 10. The Morgan fingerprint density at radius 1 is 0.552 bits per heavy atom. The number of nitrogens with zero attached hydrogens (tertiary/aromatic N) is 5. The number of hydrogen-bond acceptors (Lipinski definition) is 2. The Kier molecular flexibility index (Phi) is 7.45. The molecule has 6 nitrogen and oxygen atoms in total. The molecule has 0 radical (unpaired) electrons. The van der Waals surface area contributed by atoms with E-state index < -0.39 is 0 Å². The van der Waals surface area contributed by atoms with Crippen LogP contribution >= 0.6 is 0 Å². The predicted molar refractivity (Wildman–Crippen MR) is 234 cm³/mol. The first-order valence-electron chi connectivity index (χ1n) is 19.8. The van der Waals surface area contributed by atoms with Gasteiger partial charge in [0.1, 0.15) is 0 Å². The average Bonchev–Trinajstić information content (AvgIpc) is 3.90. The summed E-state index contributed by atoms with van der Waals surface area (Å²) in [6.45, 7) is 13.5. The zero-order chi connectivity index (χ0) is 39.8. The van der Waals surface area contributed by atoms with Crippen LogP contribution in [0.15, 0.2) is 121 Å². The van der Waals surface area contributed by atoms with Gasteiger partial charge in [-0.3, -0.25) is 0 Å². The van der Waals surface area contributed by atoms with E-state index in [0.717, 1.165) is 53.7 Å². The van der Waals surface area contributed by atoms with Crippen molar-refractivity contribution in [3.63, 3.8) is 0 Å². The van der Waals surface area contributed by atoms with E-state index in [-0.39, 0.29) is 10.8 Å². The van der Waals surface area contributed by atoms with Gasteiger partial charge in [0.25, 0.3) is 0 Å². The van der Waals surface area contributed by atoms with Gasteiger partial charge in [0.2, 0.25) is 0 Å². The quantitative estimate of drug-likeness (QED) is 0.165. The van der Waals surface area contributed by atoms with Crippen LogP contribution in [0.2, 0.25) is 0 Å². The van der Waals surface area contributed by atoms with E-state index in [2.05, 4.69) is 207 Å². The monoisotopic (exact) mass is 934 g/mol. The van der Waals surface area contributed by atoms with Crippen molar-refractivity contribution in [1.82, 2.24) is 23.1 Å². The average molecular weight is 935 g/mol. The first kappa shape index (κ1) is 35.2.